The van der Waals surface area contributed by atoms with Crippen LogP contribution in [0.4, 0.5) is 18.9 Å². The van der Waals surface area contributed by atoms with E-state index in [1.165, 1.54) is 12.1 Å². The predicted octanol–water partition coefficient (Wildman–Crippen LogP) is 3.73. The Balaban J connectivity index is 1.42. The summed E-state index contributed by atoms with van der Waals surface area (Å²) in [5, 5.41) is 5.72. The van der Waals surface area contributed by atoms with Crippen LogP contribution in [0, 0.1) is 6.92 Å². The third-order valence-electron chi connectivity index (χ3n) is 5.05. The van der Waals surface area contributed by atoms with Crippen molar-refractivity contribution in [1.29, 1.82) is 0 Å². The lowest BCUT2D eigenvalue weighted by molar-refractivity contribution is -0.274. The van der Waals surface area contributed by atoms with Gasteiger partial charge in [0.1, 0.15) is 5.75 Å². The molecule has 31 heavy (non-hydrogen) atoms. The lowest BCUT2D eigenvalue weighted by Crippen LogP contribution is -2.46. The number of likely N-dealkylation sites (tertiary alicyclic amines) is 1. The molecule has 0 bridgehead atoms. The largest absolute Gasteiger partial charge is 0.573 e. The number of nitrogens with zero attached hydrogens (tertiary/aromatic N) is 1. The van der Waals surface area contributed by atoms with Gasteiger partial charge in [-0.25, -0.2) is 0 Å². The number of carbonyl (C=O) groups is 2. The summed E-state index contributed by atoms with van der Waals surface area (Å²) >= 11 is 0. The van der Waals surface area contributed by atoms with Crippen LogP contribution in [0.2, 0.25) is 0 Å². The second-order valence-corrected chi connectivity index (χ2v) is 7.46. The van der Waals surface area contributed by atoms with Gasteiger partial charge < -0.3 is 15.4 Å². The van der Waals surface area contributed by atoms with Crippen LogP contribution >= 0.6 is 0 Å². The van der Waals surface area contributed by atoms with Gasteiger partial charge >= 0.3 is 6.36 Å². The van der Waals surface area contributed by atoms with Gasteiger partial charge in [-0.2, -0.15) is 0 Å². The molecular weight excluding hydrogens is 411 g/mol. The van der Waals surface area contributed by atoms with Crippen molar-refractivity contribution in [2.75, 3.05) is 25.0 Å². The van der Waals surface area contributed by atoms with E-state index in [-0.39, 0.29) is 30.2 Å². The number of rotatable bonds is 6. The number of aryl methyl sites for hydroxylation is 1. The van der Waals surface area contributed by atoms with Crippen LogP contribution in [-0.2, 0) is 4.79 Å². The number of hydrogen-bond acceptors (Lipinski definition) is 4. The van der Waals surface area contributed by atoms with Crippen molar-refractivity contribution >= 4 is 17.5 Å². The van der Waals surface area contributed by atoms with Crippen LogP contribution in [0.15, 0.2) is 48.5 Å². The molecule has 9 heteroatoms. The average Bonchev–Trinajstić information content (AvgIpc) is 2.70. The molecule has 0 spiro atoms. The van der Waals surface area contributed by atoms with Crippen molar-refractivity contribution in [3.63, 3.8) is 0 Å². The Morgan fingerprint density at radius 3 is 2.32 bits per heavy atom. The number of ether oxygens (including phenoxy) is 1. The quantitative estimate of drug-likeness (QED) is 0.726. The lowest BCUT2D eigenvalue weighted by Gasteiger charge is -2.32. The molecule has 166 valence electrons. The van der Waals surface area contributed by atoms with Gasteiger partial charge in [0.25, 0.3) is 5.91 Å². The molecule has 1 saturated heterocycles. The second kappa shape index (κ2) is 9.82. The predicted molar refractivity (Wildman–Crippen MR) is 110 cm³/mol. The molecular formula is C22H24F3N3O3. The van der Waals surface area contributed by atoms with Gasteiger partial charge in [-0.05, 0) is 55.7 Å². The Bertz CT molecular complexity index is 908. The van der Waals surface area contributed by atoms with Crippen molar-refractivity contribution < 1.29 is 27.5 Å². The van der Waals surface area contributed by atoms with Crippen molar-refractivity contribution in [2.45, 2.75) is 32.2 Å². The molecule has 0 atom stereocenters. The molecule has 1 aliphatic rings. The van der Waals surface area contributed by atoms with Crippen LogP contribution in [0.25, 0.3) is 0 Å². The number of piperidine rings is 1. The summed E-state index contributed by atoms with van der Waals surface area (Å²) in [7, 11) is 0. The maximum absolute atomic E-state index is 12.4. The van der Waals surface area contributed by atoms with Gasteiger partial charge in [0.2, 0.25) is 5.91 Å². The number of amides is 2. The van der Waals surface area contributed by atoms with E-state index in [9.17, 15) is 22.8 Å². The minimum Gasteiger partial charge on any atom is -0.406 e. The first kappa shape index (κ1) is 22.6. The van der Waals surface area contributed by atoms with Crippen molar-refractivity contribution in [3.8, 4) is 5.75 Å². The third-order valence-corrected chi connectivity index (χ3v) is 5.05. The van der Waals surface area contributed by atoms with Crippen molar-refractivity contribution in [2.24, 2.45) is 0 Å². The zero-order chi connectivity index (χ0) is 22.4. The molecule has 2 aromatic rings. The monoisotopic (exact) mass is 435 g/mol. The van der Waals surface area contributed by atoms with Gasteiger partial charge in [0, 0.05) is 30.4 Å². The van der Waals surface area contributed by atoms with E-state index >= 15 is 0 Å². The number of carbonyl (C=O) groups excluding carboxylic acids is 2. The van der Waals surface area contributed by atoms with E-state index in [2.05, 4.69) is 15.4 Å². The first-order valence-electron chi connectivity index (χ1n) is 9.94. The van der Waals surface area contributed by atoms with E-state index in [0.29, 0.717) is 24.3 Å². The Labute approximate surface area is 178 Å². The highest BCUT2D eigenvalue weighted by atomic mass is 19.4. The molecule has 0 unspecified atom stereocenters. The van der Waals surface area contributed by atoms with Gasteiger partial charge in [-0.3, -0.25) is 14.5 Å². The maximum atomic E-state index is 12.4. The summed E-state index contributed by atoms with van der Waals surface area (Å²) in [6.45, 7) is 3.38. The highest BCUT2D eigenvalue weighted by Crippen LogP contribution is 2.24. The average molecular weight is 435 g/mol. The normalized spacial score (nSPS) is 15.4. The molecule has 3 rings (SSSR count). The minimum atomic E-state index is -4.75. The summed E-state index contributed by atoms with van der Waals surface area (Å²) in [6.07, 6.45) is -3.29. The number of nitrogens with one attached hydrogen (secondary N) is 2. The molecule has 1 heterocycles. The van der Waals surface area contributed by atoms with E-state index in [0.717, 1.165) is 30.5 Å². The summed E-state index contributed by atoms with van der Waals surface area (Å²) < 4.78 is 40.4. The van der Waals surface area contributed by atoms with E-state index in [1.54, 1.807) is 6.07 Å². The number of alkyl halides is 3. The number of hydrogen-bond donors (Lipinski definition) is 2. The molecule has 1 fully saturated rings. The van der Waals surface area contributed by atoms with Gasteiger partial charge in [0.15, 0.2) is 0 Å². The van der Waals surface area contributed by atoms with Crippen LogP contribution in [0.3, 0.4) is 0 Å². The molecule has 0 saturated carbocycles. The van der Waals surface area contributed by atoms with Crippen LogP contribution in [-0.4, -0.2) is 48.8 Å². The van der Waals surface area contributed by atoms with Crippen LogP contribution < -0.4 is 15.4 Å². The Morgan fingerprint density at radius 1 is 1.06 bits per heavy atom. The van der Waals surface area contributed by atoms with Crippen molar-refractivity contribution in [1.82, 2.24) is 10.2 Å². The van der Waals surface area contributed by atoms with Gasteiger partial charge in [-0.15, -0.1) is 13.2 Å². The number of halogens is 3. The molecule has 0 aliphatic carbocycles. The zero-order valence-corrected chi connectivity index (χ0v) is 17.0. The Morgan fingerprint density at radius 2 is 1.71 bits per heavy atom. The fourth-order valence-electron chi connectivity index (χ4n) is 3.47. The molecule has 6 nitrogen and oxygen atoms in total. The number of anilines is 1. The molecule has 2 aromatic carbocycles. The molecule has 2 N–H and O–H groups in total. The summed E-state index contributed by atoms with van der Waals surface area (Å²) in [4.78, 5) is 26.7. The topological polar surface area (TPSA) is 70.7 Å². The second-order valence-electron chi connectivity index (χ2n) is 7.46. The molecule has 0 aromatic heterocycles. The maximum Gasteiger partial charge on any atom is 0.573 e. The highest BCUT2D eigenvalue weighted by molar-refractivity contribution is 5.95. The Kier molecular flexibility index (Phi) is 7.17. The molecule has 1 aliphatic heterocycles. The fraction of sp³-hybridized carbons (Fsp3) is 0.364. The Hall–Kier alpha value is -3.07. The van der Waals surface area contributed by atoms with Gasteiger partial charge in [0.05, 0.1) is 6.54 Å². The summed E-state index contributed by atoms with van der Waals surface area (Å²) in [5.41, 5.74) is 1.97. The van der Waals surface area contributed by atoms with Crippen LogP contribution in [0.5, 0.6) is 5.75 Å². The van der Waals surface area contributed by atoms with Crippen LogP contribution in [0.1, 0.15) is 28.8 Å². The smallest absolute Gasteiger partial charge is 0.406 e. The van der Waals surface area contributed by atoms with E-state index in [4.69, 9.17) is 0 Å². The van der Waals surface area contributed by atoms with E-state index in [1.807, 2.05) is 30.0 Å². The minimum absolute atomic E-state index is 0.0487. The first-order chi connectivity index (χ1) is 14.7. The van der Waals surface area contributed by atoms with Crippen molar-refractivity contribution in [3.05, 3.63) is 59.7 Å². The van der Waals surface area contributed by atoms with Gasteiger partial charge in [-0.1, -0.05) is 18.2 Å². The highest BCUT2D eigenvalue weighted by Gasteiger charge is 2.31. The summed E-state index contributed by atoms with van der Waals surface area (Å²) in [6, 6.07) is 12.5. The standard InChI is InChI=1S/C22H24F3N3O3/c1-15-4-2-3-5-19(15)21(30)27-17-10-12-28(13-11-17)14-20(29)26-16-6-8-18(9-7-16)31-22(23,24)25/h2-9,17H,10-14H2,1H3,(H,26,29)(H,27,30). The molecule has 2 amide bonds. The zero-order valence-electron chi connectivity index (χ0n) is 17.0. The third kappa shape index (κ3) is 6.99. The SMILES string of the molecule is Cc1ccccc1C(=O)NC1CCN(CC(=O)Nc2ccc(OC(F)(F)F)cc2)CC1. The van der Waals surface area contributed by atoms with E-state index < -0.39 is 6.36 Å². The summed E-state index contributed by atoms with van der Waals surface area (Å²) in [5.74, 6) is -0.695. The molecule has 0 radical (unpaired) electrons. The first-order valence-corrected chi connectivity index (χ1v) is 9.94. The lowest BCUT2D eigenvalue weighted by atomic mass is 10.0. The number of benzene rings is 2. The fourth-order valence-corrected chi connectivity index (χ4v) is 3.47.